The van der Waals surface area contributed by atoms with Gasteiger partial charge >= 0.3 is 22.4 Å². The van der Waals surface area contributed by atoms with Gasteiger partial charge in [-0.15, -0.1) is 58.3 Å². The van der Waals surface area contributed by atoms with Crippen molar-refractivity contribution in [2.45, 2.75) is 0 Å². The maximum atomic E-state index is 4.86. The van der Waals surface area contributed by atoms with Gasteiger partial charge in [0.1, 0.15) is 0 Å². The molecule has 0 spiro atoms. The molecule has 8 rings (SSSR count). The second kappa shape index (κ2) is 15.1. The molecule has 222 valence electrons. The molecule has 0 amide bonds. The largest absolute Gasteiger partial charge is 3.00 e. The van der Waals surface area contributed by atoms with E-state index in [0.717, 1.165) is 22.5 Å². The molecular formula is C43H30AuNP+. The third-order valence-electron chi connectivity index (χ3n) is 7.70. The first-order chi connectivity index (χ1) is 22.3. The van der Waals surface area contributed by atoms with Crippen LogP contribution in [0.4, 0.5) is 0 Å². The molecule has 0 fully saturated rings. The van der Waals surface area contributed by atoms with E-state index in [1.54, 1.807) is 0 Å². The second-order valence-corrected chi connectivity index (χ2v) is 12.9. The summed E-state index contributed by atoms with van der Waals surface area (Å²) in [5.74, 6) is 0. The summed E-state index contributed by atoms with van der Waals surface area (Å²) in [5, 5.41) is 8.97. The molecule has 0 aliphatic heterocycles. The minimum atomic E-state index is -0.446. The topological polar surface area (TPSA) is 12.9 Å². The molecule has 7 aromatic carbocycles. The third-order valence-corrected chi connectivity index (χ3v) is 10.1. The zero-order valence-corrected chi connectivity index (χ0v) is 28.1. The van der Waals surface area contributed by atoms with Crippen molar-refractivity contribution in [2.75, 3.05) is 0 Å². The van der Waals surface area contributed by atoms with Gasteiger partial charge in [-0.25, -0.2) is 0 Å². The van der Waals surface area contributed by atoms with Crippen molar-refractivity contribution in [3.8, 4) is 22.5 Å². The van der Waals surface area contributed by atoms with Crippen LogP contribution in [0.15, 0.2) is 182 Å². The molecule has 0 aliphatic rings. The Hall–Kier alpha value is -4.62. The first-order valence-corrected chi connectivity index (χ1v) is 16.4. The molecule has 1 aromatic heterocycles. The summed E-state index contributed by atoms with van der Waals surface area (Å²) in [7, 11) is -0.446. The predicted octanol–water partition coefficient (Wildman–Crippen LogP) is 9.76. The van der Waals surface area contributed by atoms with Crippen molar-refractivity contribution in [1.29, 1.82) is 0 Å². The van der Waals surface area contributed by atoms with E-state index < -0.39 is 7.92 Å². The molecule has 0 aliphatic carbocycles. The van der Waals surface area contributed by atoms with E-state index >= 15 is 0 Å². The van der Waals surface area contributed by atoms with Crippen molar-refractivity contribution < 1.29 is 22.4 Å². The summed E-state index contributed by atoms with van der Waals surface area (Å²) < 4.78 is 0. The van der Waals surface area contributed by atoms with Gasteiger partial charge in [0.15, 0.2) is 0 Å². The maximum absolute atomic E-state index is 4.86. The van der Waals surface area contributed by atoms with E-state index in [1.165, 1.54) is 37.5 Å². The molecule has 0 atom stereocenters. The van der Waals surface area contributed by atoms with Gasteiger partial charge < -0.3 is 4.98 Å². The Labute approximate surface area is 287 Å². The fourth-order valence-corrected chi connectivity index (χ4v) is 7.77. The molecule has 1 heterocycles. The summed E-state index contributed by atoms with van der Waals surface area (Å²) >= 11 is 0. The normalized spacial score (nSPS) is 10.6. The third kappa shape index (κ3) is 7.26. The summed E-state index contributed by atoms with van der Waals surface area (Å²) in [6.07, 6.45) is 0. The van der Waals surface area contributed by atoms with Crippen LogP contribution in [0.25, 0.3) is 44.1 Å². The van der Waals surface area contributed by atoms with Crippen molar-refractivity contribution in [3.63, 3.8) is 0 Å². The van der Waals surface area contributed by atoms with Crippen LogP contribution in [-0.4, -0.2) is 4.98 Å². The minimum absolute atomic E-state index is 0. The average molecular weight is 789 g/mol. The first-order valence-electron chi connectivity index (χ1n) is 15.1. The Bertz CT molecular complexity index is 1980. The monoisotopic (exact) mass is 788 g/mol. The fourth-order valence-electron chi connectivity index (χ4n) is 5.46. The van der Waals surface area contributed by atoms with Crippen LogP contribution in [0.1, 0.15) is 0 Å². The van der Waals surface area contributed by atoms with Gasteiger partial charge in [-0.1, -0.05) is 168 Å². The predicted molar refractivity (Wildman–Crippen MR) is 193 cm³/mol. The maximum Gasteiger partial charge on any atom is 3.00 e. The van der Waals surface area contributed by atoms with Crippen LogP contribution < -0.4 is 15.9 Å². The van der Waals surface area contributed by atoms with Crippen molar-refractivity contribution in [3.05, 3.63) is 194 Å². The molecule has 0 unspecified atom stereocenters. The molecule has 0 radical (unpaired) electrons. The number of benzene rings is 7. The molecule has 3 heteroatoms. The molecule has 1 nitrogen and oxygen atoms in total. The van der Waals surface area contributed by atoms with E-state index in [4.69, 9.17) is 4.98 Å². The quantitative estimate of drug-likeness (QED) is 0.0963. The number of nitrogens with zero attached hydrogens (tertiary/aromatic N) is 1. The number of aromatic nitrogens is 1. The number of hydrogen-bond acceptors (Lipinski definition) is 1. The van der Waals surface area contributed by atoms with Crippen LogP contribution in [0.2, 0.25) is 0 Å². The van der Waals surface area contributed by atoms with E-state index in [1.807, 2.05) is 42.5 Å². The zero-order valence-electron chi connectivity index (χ0n) is 25.0. The van der Waals surface area contributed by atoms with Crippen LogP contribution in [-0.2, 0) is 22.4 Å². The van der Waals surface area contributed by atoms with Gasteiger partial charge in [-0.05, 0) is 35.2 Å². The Morgan fingerprint density at radius 2 is 0.717 bits per heavy atom. The SMILES string of the molecule is [Au+3].[c-]1cc2ccccc2cc1-c1cccc(-c2[c-]cc3ccccc3c2)n1.c1ccc(P(c2ccccc2)c2ccccc2)cc1. The Kier molecular flexibility index (Phi) is 10.3. The van der Waals surface area contributed by atoms with Gasteiger partial charge in [-0.3, -0.25) is 0 Å². The van der Waals surface area contributed by atoms with Crippen LogP contribution >= 0.6 is 7.92 Å². The Morgan fingerprint density at radius 3 is 1.11 bits per heavy atom. The Morgan fingerprint density at radius 1 is 0.370 bits per heavy atom. The first kappa shape index (κ1) is 31.4. The second-order valence-electron chi connectivity index (χ2n) is 10.7. The van der Waals surface area contributed by atoms with Gasteiger partial charge in [0.2, 0.25) is 0 Å². The van der Waals surface area contributed by atoms with E-state index in [9.17, 15) is 0 Å². The van der Waals surface area contributed by atoms with Crippen LogP contribution in [0, 0.1) is 12.1 Å². The molecule has 0 bridgehead atoms. The minimum Gasteiger partial charge on any atom is -0.345 e. The van der Waals surface area contributed by atoms with E-state index in [0.29, 0.717) is 0 Å². The number of hydrogen-bond donors (Lipinski definition) is 0. The summed E-state index contributed by atoms with van der Waals surface area (Å²) in [6.45, 7) is 0. The molecular weight excluding hydrogens is 758 g/mol. The molecule has 0 N–H and O–H groups in total. The zero-order chi connectivity index (χ0) is 30.3. The number of rotatable bonds is 5. The van der Waals surface area contributed by atoms with Crippen molar-refractivity contribution >= 4 is 45.4 Å². The standard InChI is InChI=1S/C25H15N.C18H15P.Au/c1-3-8-20-16-22(14-12-18(20)6-1)24-10-5-11-25(26-24)23-15-13-19-7-2-4-9-21(19)17-23;1-4-10-16(11-5-1)19(17-12-6-2-7-13-17)18-14-8-3-9-15-18;/h1-13,16-17H;1-15H;/q-2;;+3. The fraction of sp³-hybridized carbons (Fsp3) is 0. The van der Waals surface area contributed by atoms with Crippen molar-refractivity contribution in [1.82, 2.24) is 4.98 Å². The van der Waals surface area contributed by atoms with Crippen LogP contribution in [0.3, 0.4) is 0 Å². The van der Waals surface area contributed by atoms with Crippen LogP contribution in [0.5, 0.6) is 0 Å². The van der Waals surface area contributed by atoms with Gasteiger partial charge in [-0.2, -0.15) is 0 Å². The van der Waals surface area contributed by atoms with Gasteiger partial charge in [0.25, 0.3) is 0 Å². The number of pyridine rings is 1. The van der Waals surface area contributed by atoms with Crippen molar-refractivity contribution in [2.24, 2.45) is 0 Å². The summed E-state index contributed by atoms with van der Waals surface area (Å²) in [6, 6.07) is 70.2. The molecule has 0 saturated carbocycles. The van der Waals surface area contributed by atoms with E-state index in [2.05, 4.69) is 152 Å². The van der Waals surface area contributed by atoms with Gasteiger partial charge in [0.05, 0.1) is 0 Å². The van der Waals surface area contributed by atoms with Gasteiger partial charge in [0, 0.05) is 0 Å². The Balaban J connectivity index is 0.000000166. The molecule has 46 heavy (non-hydrogen) atoms. The smallest absolute Gasteiger partial charge is 0.345 e. The molecule has 0 saturated heterocycles. The molecule has 8 aromatic rings. The van der Waals surface area contributed by atoms with E-state index in [-0.39, 0.29) is 22.4 Å². The number of fused-ring (bicyclic) bond motifs is 2. The summed E-state index contributed by atoms with van der Waals surface area (Å²) in [4.78, 5) is 4.86. The average Bonchev–Trinajstić information content (AvgIpc) is 3.13. The summed E-state index contributed by atoms with van der Waals surface area (Å²) in [5.41, 5.74) is 3.86.